The molecule has 7 aromatic rings. The minimum absolute atomic E-state index is 0.0733. The summed E-state index contributed by atoms with van der Waals surface area (Å²) in [6, 6.07) is 58.4. The number of nitrogens with zero attached hydrogens (tertiary/aromatic N) is 1. The Hall–Kier alpha value is -5.66. The molecular formula is C55H47N. The van der Waals surface area contributed by atoms with E-state index in [9.17, 15) is 0 Å². The largest absolute Gasteiger partial charge is 0.309 e. The number of anilines is 3. The highest BCUT2D eigenvalue weighted by molar-refractivity contribution is 6.02. The van der Waals surface area contributed by atoms with Crippen molar-refractivity contribution in [2.75, 3.05) is 4.90 Å². The molecule has 2 saturated carbocycles. The molecule has 0 radical (unpaired) electrons. The van der Waals surface area contributed by atoms with E-state index in [1.165, 1.54) is 110 Å². The predicted octanol–water partition coefficient (Wildman–Crippen LogP) is 14.5. The first-order valence-electron chi connectivity index (χ1n) is 20.9. The molecule has 0 aliphatic heterocycles. The Labute approximate surface area is 331 Å². The summed E-state index contributed by atoms with van der Waals surface area (Å²) in [4.78, 5) is 2.64. The molecule has 3 atom stereocenters. The fraction of sp³-hybridized carbons (Fsp3) is 0.236. The highest BCUT2D eigenvalue weighted by Gasteiger charge is 2.57. The topological polar surface area (TPSA) is 3.24 Å². The van der Waals surface area contributed by atoms with Crippen LogP contribution < -0.4 is 4.90 Å². The van der Waals surface area contributed by atoms with Crippen molar-refractivity contribution in [3.8, 4) is 44.5 Å². The second kappa shape index (κ2) is 11.2. The zero-order chi connectivity index (χ0) is 37.6. The molecule has 3 unspecified atom stereocenters. The van der Waals surface area contributed by atoms with Crippen molar-refractivity contribution < 1.29 is 0 Å². The lowest BCUT2D eigenvalue weighted by Crippen LogP contribution is -2.31. The van der Waals surface area contributed by atoms with Crippen LogP contribution >= 0.6 is 0 Å². The van der Waals surface area contributed by atoms with Crippen LogP contribution in [0.4, 0.5) is 17.1 Å². The monoisotopic (exact) mass is 721 g/mol. The molecule has 2 bridgehead atoms. The van der Waals surface area contributed by atoms with E-state index in [0.717, 1.165) is 5.92 Å². The summed E-state index contributed by atoms with van der Waals surface area (Å²) in [6.07, 6.45) is 5.37. The van der Waals surface area contributed by atoms with Gasteiger partial charge >= 0.3 is 0 Å². The van der Waals surface area contributed by atoms with Crippen LogP contribution in [0.2, 0.25) is 0 Å². The molecule has 272 valence electrons. The number of hydrogen-bond donors (Lipinski definition) is 0. The second-order valence-electron chi connectivity index (χ2n) is 18.4. The summed E-state index contributed by atoms with van der Waals surface area (Å²) in [6.45, 7) is 9.59. The Balaban J connectivity index is 1.14. The number of rotatable bonds is 4. The van der Waals surface area contributed by atoms with Crippen LogP contribution in [0.5, 0.6) is 0 Å². The smallest absolute Gasteiger partial charge is 0.0543 e. The van der Waals surface area contributed by atoms with Gasteiger partial charge in [-0.05, 0) is 122 Å². The van der Waals surface area contributed by atoms with Crippen molar-refractivity contribution >= 4 is 17.1 Å². The van der Waals surface area contributed by atoms with Gasteiger partial charge in [0.25, 0.3) is 0 Å². The van der Waals surface area contributed by atoms with E-state index in [0.29, 0.717) is 5.92 Å². The van der Waals surface area contributed by atoms with E-state index in [1.807, 2.05) is 0 Å². The van der Waals surface area contributed by atoms with Gasteiger partial charge in [0.15, 0.2) is 0 Å². The molecule has 2 fully saturated rings. The van der Waals surface area contributed by atoms with Gasteiger partial charge in [0.2, 0.25) is 0 Å². The molecule has 0 amide bonds. The minimum Gasteiger partial charge on any atom is -0.309 e. The van der Waals surface area contributed by atoms with Gasteiger partial charge in [-0.1, -0.05) is 162 Å². The fourth-order valence-corrected chi connectivity index (χ4v) is 12.7. The molecule has 1 nitrogen and oxygen atoms in total. The Morgan fingerprint density at radius 2 is 0.982 bits per heavy atom. The SMILES string of the molecule is CC1(C)c2ccccc2-c2ccc(N(c3ccccc3-c3cccc4c3-c3ccccc3C4(C)C)c3cccc4c3-c3ccccc3C43CC4CCC3C4)cc21. The maximum Gasteiger partial charge on any atom is 0.0543 e. The number of benzene rings is 7. The van der Waals surface area contributed by atoms with E-state index < -0.39 is 0 Å². The minimum atomic E-state index is -0.110. The quantitative estimate of drug-likeness (QED) is 0.175. The highest BCUT2D eigenvalue weighted by atomic mass is 15.1. The van der Waals surface area contributed by atoms with Crippen LogP contribution in [0.25, 0.3) is 44.5 Å². The molecule has 5 aliphatic rings. The maximum absolute atomic E-state index is 2.64. The lowest BCUT2D eigenvalue weighted by molar-refractivity contribution is 0.327. The van der Waals surface area contributed by atoms with Crippen LogP contribution in [0.15, 0.2) is 152 Å². The first-order valence-corrected chi connectivity index (χ1v) is 20.9. The normalized spacial score (nSPS) is 22.0. The fourth-order valence-electron chi connectivity index (χ4n) is 12.7. The summed E-state index contributed by atoms with van der Waals surface area (Å²) < 4.78 is 0. The molecule has 0 N–H and O–H groups in total. The van der Waals surface area contributed by atoms with Crippen LogP contribution in [0.1, 0.15) is 86.8 Å². The van der Waals surface area contributed by atoms with Crippen molar-refractivity contribution in [1.29, 1.82) is 0 Å². The maximum atomic E-state index is 2.64. The molecule has 5 aliphatic carbocycles. The van der Waals surface area contributed by atoms with Crippen LogP contribution in [-0.2, 0) is 16.2 Å². The van der Waals surface area contributed by atoms with Gasteiger partial charge in [-0.15, -0.1) is 0 Å². The summed E-state index contributed by atoms with van der Waals surface area (Å²) in [5.41, 5.74) is 23.2. The number of fused-ring (bicyclic) bond motifs is 14. The van der Waals surface area contributed by atoms with Gasteiger partial charge < -0.3 is 4.90 Å². The van der Waals surface area contributed by atoms with Gasteiger partial charge in [-0.2, -0.15) is 0 Å². The molecule has 0 heterocycles. The van der Waals surface area contributed by atoms with Gasteiger partial charge in [-0.25, -0.2) is 0 Å². The van der Waals surface area contributed by atoms with Crippen molar-refractivity contribution in [3.63, 3.8) is 0 Å². The lowest BCUT2D eigenvalue weighted by atomic mass is 9.67. The van der Waals surface area contributed by atoms with Crippen LogP contribution in [0, 0.1) is 11.8 Å². The predicted molar refractivity (Wildman–Crippen MR) is 233 cm³/mol. The van der Waals surface area contributed by atoms with Crippen molar-refractivity contribution in [2.24, 2.45) is 11.8 Å². The zero-order valence-corrected chi connectivity index (χ0v) is 32.9. The molecular weight excluding hydrogens is 675 g/mol. The van der Waals surface area contributed by atoms with E-state index in [4.69, 9.17) is 0 Å². The summed E-state index contributed by atoms with van der Waals surface area (Å²) in [5, 5.41) is 0. The first kappa shape index (κ1) is 32.6. The van der Waals surface area contributed by atoms with Crippen LogP contribution in [-0.4, -0.2) is 0 Å². The van der Waals surface area contributed by atoms with Crippen molar-refractivity contribution in [1.82, 2.24) is 0 Å². The van der Waals surface area contributed by atoms with E-state index in [1.54, 1.807) is 11.1 Å². The zero-order valence-electron chi connectivity index (χ0n) is 32.9. The average molecular weight is 722 g/mol. The van der Waals surface area contributed by atoms with E-state index >= 15 is 0 Å². The molecule has 1 spiro atoms. The third kappa shape index (κ3) is 4.06. The Morgan fingerprint density at radius 3 is 1.73 bits per heavy atom. The van der Waals surface area contributed by atoms with Crippen LogP contribution in [0.3, 0.4) is 0 Å². The summed E-state index contributed by atoms with van der Waals surface area (Å²) >= 11 is 0. The molecule has 56 heavy (non-hydrogen) atoms. The summed E-state index contributed by atoms with van der Waals surface area (Å²) in [5.74, 6) is 1.54. The highest BCUT2D eigenvalue weighted by Crippen LogP contribution is 2.67. The molecule has 0 aromatic heterocycles. The standard InChI is InChI=1S/C55H47N/c1-53(2)44-21-10-6-17-41(44)51-40(19-13-23-46(51)53)39-16-8-12-25-49(39)56(36-29-30-38-37-15-5-9-20-43(37)54(3,4)48(38)32-36)50-26-14-24-47-52(50)42-18-7-11-22-45(42)55(47)33-34-27-28-35(55)31-34/h5-26,29-30,32,34-35H,27-28,31,33H2,1-4H3. The Morgan fingerprint density at radius 1 is 0.429 bits per heavy atom. The third-order valence-electron chi connectivity index (χ3n) is 15.2. The van der Waals surface area contributed by atoms with Gasteiger partial charge in [0, 0.05) is 33.1 Å². The van der Waals surface area contributed by atoms with Gasteiger partial charge in [0.05, 0.1) is 11.4 Å². The summed E-state index contributed by atoms with van der Waals surface area (Å²) in [7, 11) is 0. The second-order valence-corrected chi connectivity index (χ2v) is 18.4. The van der Waals surface area contributed by atoms with Gasteiger partial charge in [0.1, 0.15) is 0 Å². The Bertz CT molecular complexity index is 2800. The molecule has 12 rings (SSSR count). The van der Waals surface area contributed by atoms with Gasteiger partial charge in [-0.3, -0.25) is 0 Å². The van der Waals surface area contributed by atoms with Crippen molar-refractivity contribution in [3.05, 3.63) is 185 Å². The van der Waals surface area contributed by atoms with Crippen molar-refractivity contribution in [2.45, 2.75) is 69.6 Å². The lowest BCUT2D eigenvalue weighted by Gasteiger charge is -2.37. The molecule has 7 aromatic carbocycles. The number of hydrogen-bond acceptors (Lipinski definition) is 1. The molecule has 0 saturated heterocycles. The van der Waals surface area contributed by atoms with E-state index in [2.05, 4.69) is 184 Å². The molecule has 1 heteroatoms. The Kier molecular flexibility index (Phi) is 6.53. The average Bonchev–Trinajstić information content (AvgIpc) is 4.02. The number of para-hydroxylation sites is 1. The van der Waals surface area contributed by atoms with E-state index in [-0.39, 0.29) is 16.2 Å². The first-order chi connectivity index (χ1) is 27.3. The third-order valence-corrected chi connectivity index (χ3v) is 15.2.